The van der Waals surface area contributed by atoms with Gasteiger partial charge in [0.2, 0.25) is 0 Å². The molecule has 0 radical (unpaired) electrons. The van der Waals surface area contributed by atoms with Gasteiger partial charge >= 0.3 is 0 Å². The van der Waals surface area contributed by atoms with Crippen molar-refractivity contribution >= 4 is 11.8 Å². The minimum absolute atomic E-state index is 0.418. The van der Waals surface area contributed by atoms with Crippen LogP contribution in [-0.2, 0) is 13.6 Å². The maximum absolute atomic E-state index is 4.38. The number of hydrogen-bond acceptors (Lipinski definition) is 3. The number of hydrogen-bond donors (Lipinski definition) is 1. The Bertz CT molecular complexity index is 384. The highest BCUT2D eigenvalue weighted by atomic mass is 32.2. The van der Waals surface area contributed by atoms with Gasteiger partial charge in [0, 0.05) is 37.1 Å². The molecule has 2 heterocycles. The molecule has 0 saturated carbocycles. The van der Waals surface area contributed by atoms with Crippen LogP contribution in [0.25, 0.3) is 0 Å². The third-order valence-electron chi connectivity index (χ3n) is 3.77. The van der Waals surface area contributed by atoms with Crippen LogP contribution in [0, 0.1) is 12.3 Å². The molecule has 17 heavy (non-hydrogen) atoms. The molecule has 1 fully saturated rings. The number of nitrogens with zero attached hydrogens (tertiary/aromatic N) is 2. The van der Waals surface area contributed by atoms with Crippen LogP contribution in [0.2, 0.25) is 0 Å². The van der Waals surface area contributed by atoms with Crippen LogP contribution in [0.3, 0.4) is 0 Å². The summed E-state index contributed by atoms with van der Waals surface area (Å²) in [6.07, 6.45) is 3.42. The largest absolute Gasteiger partial charge is 0.308 e. The van der Waals surface area contributed by atoms with Gasteiger partial charge < -0.3 is 5.32 Å². The molecular formula is C13H23N3S. The summed E-state index contributed by atoms with van der Waals surface area (Å²) in [5.74, 6) is 2.53. The molecule has 1 saturated heterocycles. The van der Waals surface area contributed by atoms with E-state index in [1.54, 1.807) is 0 Å². The SMILES string of the molecule is Cc1nn(C)cc1CNC1CSCCC1(C)C. The van der Waals surface area contributed by atoms with Crippen LogP contribution in [0.4, 0.5) is 0 Å². The van der Waals surface area contributed by atoms with Crippen LogP contribution in [0.5, 0.6) is 0 Å². The molecule has 0 bridgehead atoms. The summed E-state index contributed by atoms with van der Waals surface area (Å²) < 4.78 is 1.90. The fourth-order valence-corrected chi connectivity index (χ4v) is 3.97. The van der Waals surface area contributed by atoms with Gasteiger partial charge in [0.1, 0.15) is 0 Å². The predicted molar refractivity (Wildman–Crippen MR) is 74.3 cm³/mol. The number of rotatable bonds is 3. The Balaban J connectivity index is 1.95. The zero-order valence-electron chi connectivity index (χ0n) is 11.3. The molecule has 0 aromatic carbocycles. The van der Waals surface area contributed by atoms with Crippen molar-refractivity contribution in [1.29, 1.82) is 0 Å². The van der Waals surface area contributed by atoms with Crippen molar-refractivity contribution in [2.24, 2.45) is 12.5 Å². The summed E-state index contributed by atoms with van der Waals surface area (Å²) in [7, 11) is 1.98. The highest BCUT2D eigenvalue weighted by Gasteiger charge is 2.32. The molecular weight excluding hydrogens is 230 g/mol. The van der Waals surface area contributed by atoms with Crippen LogP contribution in [0.15, 0.2) is 6.20 Å². The van der Waals surface area contributed by atoms with Crippen LogP contribution in [-0.4, -0.2) is 27.3 Å². The molecule has 4 heteroatoms. The molecule has 0 amide bonds. The fourth-order valence-electron chi connectivity index (χ4n) is 2.33. The predicted octanol–water partition coefficient (Wildman–Crippen LogP) is 2.35. The Morgan fingerprint density at radius 2 is 2.35 bits per heavy atom. The highest BCUT2D eigenvalue weighted by Crippen LogP contribution is 2.34. The molecule has 0 spiro atoms. The second-order valence-electron chi connectivity index (χ2n) is 5.66. The Morgan fingerprint density at radius 3 is 2.94 bits per heavy atom. The van der Waals surface area contributed by atoms with Crippen LogP contribution >= 0.6 is 11.8 Å². The van der Waals surface area contributed by atoms with E-state index < -0.39 is 0 Å². The van der Waals surface area contributed by atoms with Gasteiger partial charge in [-0.25, -0.2) is 0 Å². The first-order valence-corrected chi connectivity index (χ1v) is 7.45. The summed E-state index contributed by atoms with van der Waals surface area (Å²) in [5, 5.41) is 8.09. The number of aromatic nitrogens is 2. The molecule has 1 aliphatic rings. The van der Waals surface area contributed by atoms with Gasteiger partial charge in [-0.05, 0) is 24.5 Å². The van der Waals surface area contributed by atoms with E-state index in [9.17, 15) is 0 Å². The lowest BCUT2D eigenvalue weighted by molar-refractivity contribution is 0.245. The minimum atomic E-state index is 0.418. The van der Waals surface area contributed by atoms with Gasteiger partial charge in [-0.2, -0.15) is 16.9 Å². The van der Waals surface area contributed by atoms with E-state index >= 15 is 0 Å². The number of thioether (sulfide) groups is 1. The molecule has 1 atom stereocenters. The van der Waals surface area contributed by atoms with Crippen molar-refractivity contribution in [3.05, 3.63) is 17.5 Å². The summed E-state index contributed by atoms with van der Waals surface area (Å²) in [6.45, 7) is 7.77. The van der Waals surface area contributed by atoms with Gasteiger partial charge in [-0.15, -0.1) is 0 Å². The standard InChI is InChI=1S/C13H23N3S/c1-10-11(8-16(4)15-10)7-14-12-9-17-6-5-13(12,2)3/h8,12,14H,5-7,9H2,1-4H3. The van der Waals surface area contributed by atoms with Crippen LogP contribution in [0.1, 0.15) is 31.5 Å². The maximum atomic E-state index is 4.38. The van der Waals surface area contributed by atoms with E-state index in [1.165, 1.54) is 23.5 Å². The first kappa shape index (κ1) is 13.0. The molecule has 96 valence electrons. The Kier molecular flexibility index (Phi) is 3.83. The topological polar surface area (TPSA) is 29.9 Å². The molecule has 1 aromatic heterocycles. The first-order chi connectivity index (χ1) is 7.99. The third kappa shape index (κ3) is 3.05. The van der Waals surface area contributed by atoms with Crippen molar-refractivity contribution in [3.63, 3.8) is 0 Å². The van der Waals surface area contributed by atoms with E-state index in [2.05, 4.69) is 49.1 Å². The summed E-state index contributed by atoms with van der Waals surface area (Å²) >= 11 is 2.07. The van der Waals surface area contributed by atoms with E-state index in [1.807, 2.05) is 11.7 Å². The van der Waals surface area contributed by atoms with Gasteiger partial charge in [-0.1, -0.05) is 13.8 Å². The summed E-state index contributed by atoms with van der Waals surface area (Å²) in [4.78, 5) is 0. The van der Waals surface area contributed by atoms with E-state index in [4.69, 9.17) is 0 Å². The molecule has 1 N–H and O–H groups in total. The highest BCUT2D eigenvalue weighted by molar-refractivity contribution is 7.99. The van der Waals surface area contributed by atoms with Crippen molar-refractivity contribution < 1.29 is 0 Å². The second kappa shape index (κ2) is 5.02. The van der Waals surface area contributed by atoms with Crippen molar-refractivity contribution in [1.82, 2.24) is 15.1 Å². The van der Waals surface area contributed by atoms with Crippen molar-refractivity contribution in [3.8, 4) is 0 Å². The van der Waals surface area contributed by atoms with E-state index in [-0.39, 0.29) is 0 Å². The zero-order valence-corrected chi connectivity index (χ0v) is 12.1. The van der Waals surface area contributed by atoms with Gasteiger partial charge in [0.05, 0.1) is 5.69 Å². The summed E-state index contributed by atoms with van der Waals surface area (Å²) in [5.41, 5.74) is 2.88. The Morgan fingerprint density at radius 1 is 1.59 bits per heavy atom. The summed E-state index contributed by atoms with van der Waals surface area (Å²) in [6, 6.07) is 0.612. The normalized spacial score (nSPS) is 23.9. The molecule has 1 unspecified atom stereocenters. The molecule has 1 aromatic rings. The maximum Gasteiger partial charge on any atom is 0.0638 e. The van der Waals surface area contributed by atoms with Gasteiger partial charge in [-0.3, -0.25) is 4.68 Å². The van der Waals surface area contributed by atoms with Crippen molar-refractivity contribution in [2.45, 2.75) is 39.8 Å². The zero-order chi connectivity index (χ0) is 12.5. The second-order valence-corrected chi connectivity index (χ2v) is 6.81. The number of nitrogens with one attached hydrogen (secondary N) is 1. The fraction of sp³-hybridized carbons (Fsp3) is 0.769. The third-order valence-corrected chi connectivity index (χ3v) is 4.83. The lowest BCUT2D eigenvalue weighted by Gasteiger charge is -2.38. The first-order valence-electron chi connectivity index (χ1n) is 6.29. The van der Waals surface area contributed by atoms with Gasteiger partial charge in [0.15, 0.2) is 0 Å². The van der Waals surface area contributed by atoms with Crippen LogP contribution < -0.4 is 5.32 Å². The Labute approximate surface area is 108 Å². The van der Waals surface area contributed by atoms with Gasteiger partial charge in [0.25, 0.3) is 0 Å². The van der Waals surface area contributed by atoms with E-state index in [0.717, 1.165) is 12.2 Å². The molecule has 0 aliphatic carbocycles. The minimum Gasteiger partial charge on any atom is -0.308 e. The molecule has 3 nitrogen and oxygen atoms in total. The van der Waals surface area contributed by atoms with E-state index in [0.29, 0.717) is 11.5 Å². The number of aryl methyl sites for hydroxylation is 2. The monoisotopic (exact) mass is 253 g/mol. The van der Waals surface area contributed by atoms with Crippen molar-refractivity contribution in [2.75, 3.05) is 11.5 Å². The lowest BCUT2D eigenvalue weighted by Crippen LogP contribution is -2.46. The smallest absolute Gasteiger partial charge is 0.0638 e. The molecule has 1 aliphatic heterocycles. The average molecular weight is 253 g/mol. The quantitative estimate of drug-likeness (QED) is 0.897. The lowest BCUT2D eigenvalue weighted by atomic mass is 9.82. The average Bonchev–Trinajstić information content (AvgIpc) is 2.55. The molecule has 2 rings (SSSR count). The Hall–Kier alpha value is -0.480.